The van der Waals surface area contributed by atoms with E-state index in [1.165, 1.54) is 0 Å². The average molecular weight is 320 g/mol. The minimum Gasteiger partial charge on any atom is -0.507 e. The number of hydrogen-bond donors (Lipinski definition) is 3. The van der Waals surface area contributed by atoms with E-state index in [2.05, 4.69) is 22.6 Å². The summed E-state index contributed by atoms with van der Waals surface area (Å²) in [4.78, 5) is 0. The average Bonchev–Trinajstić information content (AvgIpc) is 2.13. The highest BCUT2D eigenvalue weighted by molar-refractivity contribution is 14.1. The van der Waals surface area contributed by atoms with Gasteiger partial charge in [-0.2, -0.15) is 0 Å². The zero-order valence-corrected chi connectivity index (χ0v) is 11.0. The van der Waals surface area contributed by atoms with Gasteiger partial charge in [-0.05, 0) is 72.2 Å². The number of phenols is 1. The number of hydrogen-bond acceptors (Lipinski definition) is 3. The SMILES string of the molecule is Cc1cc(I)cc(CC(N)CCN)c1O. The van der Waals surface area contributed by atoms with E-state index in [9.17, 15) is 5.11 Å². The Labute approximate surface area is 104 Å². The molecular formula is C11H17IN2O. The summed E-state index contributed by atoms with van der Waals surface area (Å²) in [5, 5.41) is 9.85. The second-order valence-corrected chi connectivity index (χ2v) is 5.02. The van der Waals surface area contributed by atoms with Crippen LogP contribution in [0.1, 0.15) is 17.5 Å². The molecule has 0 saturated heterocycles. The third-order valence-electron chi connectivity index (χ3n) is 2.36. The van der Waals surface area contributed by atoms with Crippen LogP contribution in [0.5, 0.6) is 5.75 Å². The summed E-state index contributed by atoms with van der Waals surface area (Å²) in [5.41, 5.74) is 13.1. The molecule has 3 nitrogen and oxygen atoms in total. The molecule has 1 aromatic rings. The smallest absolute Gasteiger partial charge is 0.121 e. The largest absolute Gasteiger partial charge is 0.507 e. The molecule has 0 aliphatic heterocycles. The summed E-state index contributed by atoms with van der Waals surface area (Å²) < 4.78 is 1.12. The molecule has 1 unspecified atom stereocenters. The third-order valence-corrected chi connectivity index (χ3v) is 2.99. The number of aromatic hydroxyl groups is 1. The van der Waals surface area contributed by atoms with Crippen molar-refractivity contribution in [2.24, 2.45) is 11.5 Å². The third kappa shape index (κ3) is 3.62. The highest BCUT2D eigenvalue weighted by Gasteiger charge is 2.10. The van der Waals surface area contributed by atoms with Gasteiger partial charge in [-0.25, -0.2) is 0 Å². The Kier molecular flexibility index (Phi) is 4.82. The fourth-order valence-corrected chi connectivity index (χ4v) is 2.40. The van der Waals surface area contributed by atoms with Crippen LogP contribution in [0.2, 0.25) is 0 Å². The molecule has 1 atom stereocenters. The lowest BCUT2D eigenvalue weighted by molar-refractivity contribution is 0.459. The fraction of sp³-hybridized carbons (Fsp3) is 0.455. The van der Waals surface area contributed by atoms with Crippen LogP contribution in [0, 0.1) is 10.5 Å². The van der Waals surface area contributed by atoms with Gasteiger partial charge in [-0.1, -0.05) is 0 Å². The van der Waals surface area contributed by atoms with Crippen LogP contribution in [0.4, 0.5) is 0 Å². The Morgan fingerprint density at radius 3 is 2.73 bits per heavy atom. The molecule has 15 heavy (non-hydrogen) atoms. The van der Waals surface area contributed by atoms with Crippen molar-refractivity contribution in [3.05, 3.63) is 26.8 Å². The van der Waals surface area contributed by atoms with Crippen molar-refractivity contribution < 1.29 is 5.11 Å². The maximum Gasteiger partial charge on any atom is 0.121 e. The first kappa shape index (κ1) is 12.7. The molecule has 0 bridgehead atoms. The van der Waals surface area contributed by atoms with Gasteiger partial charge in [0, 0.05) is 9.61 Å². The summed E-state index contributed by atoms with van der Waals surface area (Å²) >= 11 is 2.24. The van der Waals surface area contributed by atoms with Crippen LogP contribution in [-0.4, -0.2) is 17.7 Å². The van der Waals surface area contributed by atoms with Crippen molar-refractivity contribution >= 4 is 22.6 Å². The molecule has 0 aliphatic carbocycles. The first-order valence-corrected chi connectivity index (χ1v) is 6.06. The Morgan fingerprint density at radius 2 is 2.13 bits per heavy atom. The molecule has 0 heterocycles. The van der Waals surface area contributed by atoms with E-state index in [0.717, 1.165) is 21.1 Å². The van der Waals surface area contributed by atoms with Crippen LogP contribution < -0.4 is 11.5 Å². The Hall–Kier alpha value is -0.330. The minimum absolute atomic E-state index is 0.0264. The number of halogens is 1. The van der Waals surface area contributed by atoms with E-state index in [-0.39, 0.29) is 6.04 Å². The molecule has 0 saturated carbocycles. The van der Waals surface area contributed by atoms with Crippen LogP contribution in [0.15, 0.2) is 12.1 Å². The van der Waals surface area contributed by atoms with Gasteiger partial charge < -0.3 is 16.6 Å². The summed E-state index contributed by atoms with van der Waals surface area (Å²) in [5.74, 6) is 0.364. The van der Waals surface area contributed by atoms with Crippen molar-refractivity contribution in [3.63, 3.8) is 0 Å². The molecule has 0 amide bonds. The van der Waals surface area contributed by atoms with Gasteiger partial charge in [0.1, 0.15) is 5.75 Å². The second kappa shape index (κ2) is 5.67. The predicted octanol–water partition coefficient (Wildman–Crippen LogP) is 1.52. The van der Waals surface area contributed by atoms with Crippen molar-refractivity contribution in [2.45, 2.75) is 25.8 Å². The van der Waals surface area contributed by atoms with Gasteiger partial charge in [0.15, 0.2) is 0 Å². The Morgan fingerprint density at radius 1 is 1.47 bits per heavy atom. The fourth-order valence-electron chi connectivity index (χ4n) is 1.56. The first-order chi connectivity index (χ1) is 7.04. The van der Waals surface area contributed by atoms with Crippen LogP contribution in [-0.2, 0) is 6.42 Å². The molecule has 0 aromatic heterocycles. The molecule has 0 aliphatic rings. The highest BCUT2D eigenvalue weighted by atomic mass is 127. The molecule has 0 fully saturated rings. The molecule has 1 rings (SSSR count). The van der Waals surface area contributed by atoms with E-state index >= 15 is 0 Å². The van der Waals surface area contributed by atoms with Crippen molar-refractivity contribution in [1.82, 2.24) is 0 Å². The van der Waals surface area contributed by atoms with E-state index in [1.54, 1.807) is 0 Å². The summed E-state index contributed by atoms with van der Waals surface area (Å²) in [6.45, 7) is 2.49. The van der Waals surface area contributed by atoms with E-state index in [4.69, 9.17) is 11.5 Å². The van der Waals surface area contributed by atoms with E-state index in [1.807, 2.05) is 19.1 Å². The van der Waals surface area contributed by atoms with Crippen molar-refractivity contribution in [1.29, 1.82) is 0 Å². The van der Waals surface area contributed by atoms with Gasteiger partial charge in [0.05, 0.1) is 0 Å². The monoisotopic (exact) mass is 320 g/mol. The van der Waals surface area contributed by atoms with Crippen LogP contribution in [0.25, 0.3) is 0 Å². The van der Waals surface area contributed by atoms with Crippen molar-refractivity contribution in [2.75, 3.05) is 6.54 Å². The first-order valence-electron chi connectivity index (χ1n) is 4.98. The number of rotatable bonds is 4. The molecule has 4 heteroatoms. The molecule has 0 spiro atoms. The van der Waals surface area contributed by atoms with Gasteiger partial charge in [0.2, 0.25) is 0 Å². The standard InChI is InChI=1S/C11H17IN2O/c1-7-4-9(12)5-8(11(7)15)6-10(14)2-3-13/h4-5,10,15H,2-3,6,13-14H2,1H3. The highest BCUT2D eigenvalue weighted by Crippen LogP contribution is 2.25. The van der Waals surface area contributed by atoms with Gasteiger partial charge in [0.25, 0.3) is 0 Å². The predicted molar refractivity (Wildman–Crippen MR) is 70.9 cm³/mol. The summed E-state index contributed by atoms with van der Waals surface area (Å²) in [6, 6.07) is 3.95. The number of nitrogens with two attached hydrogens (primary N) is 2. The molecule has 1 aromatic carbocycles. The van der Waals surface area contributed by atoms with Gasteiger partial charge in [-0.15, -0.1) is 0 Å². The number of benzene rings is 1. The topological polar surface area (TPSA) is 72.3 Å². The molecular weight excluding hydrogens is 303 g/mol. The summed E-state index contributed by atoms with van der Waals surface area (Å²) in [7, 11) is 0. The van der Waals surface area contributed by atoms with Gasteiger partial charge in [-0.3, -0.25) is 0 Å². The maximum absolute atomic E-state index is 9.85. The Balaban J connectivity index is 2.84. The zero-order valence-electron chi connectivity index (χ0n) is 8.83. The normalized spacial score (nSPS) is 12.8. The second-order valence-electron chi connectivity index (χ2n) is 3.77. The van der Waals surface area contributed by atoms with Gasteiger partial charge >= 0.3 is 0 Å². The molecule has 84 valence electrons. The quantitative estimate of drug-likeness (QED) is 0.737. The molecule has 5 N–H and O–H groups in total. The van der Waals surface area contributed by atoms with Crippen molar-refractivity contribution in [3.8, 4) is 5.75 Å². The van der Waals surface area contributed by atoms with Crippen LogP contribution in [0.3, 0.4) is 0 Å². The van der Waals surface area contributed by atoms with E-state index < -0.39 is 0 Å². The molecule has 0 radical (unpaired) electrons. The van der Waals surface area contributed by atoms with Crippen LogP contribution >= 0.6 is 22.6 Å². The lowest BCUT2D eigenvalue weighted by atomic mass is 10.0. The summed E-state index contributed by atoms with van der Waals surface area (Å²) in [6.07, 6.45) is 1.46. The minimum atomic E-state index is 0.0264. The lowest BCUT2D eigenvalue weighted by Gasteiger charge is -2.13. The Bertz CT molecular complexity index is 342. The lowest BCUT2D eigenvalue weighted by Crippen LogP contribution is -2.26. The maximum atomic E-state index is 9.85. The number of phenolic OH excluding ortho intramolecular Hbond substituents is 1. The van der Waals surface area contributed by atoms with E-state index in [0.29, 0.717) is 18.7 Å². The zero-order chi connectivity index (χ0) is 11.4. The number of aryl methyl sites for hydroxylation is 1.